The molecule has 1 aromatic carbocycles. The van der Waals surface area contributed by atoms with Crippen molar-refractivity contribution in [3.05, 3.63) is 51.3 Å². The molecule has 2 rings (SSSR count). The third-order valence-electron chi connectivity index (χ3n) is 3.00. The van der Waals surface area contributed by atoms with Crippen LogP contribution in [0.4, 0.5) is 5.69 Å². The van der Waals surface area contributed by atoms with E-state index >= 15 is 0 Å². The molecule has 0 spiro atoms. The second-order valence-corrected chi connectivity index (χ2v) is 4.32. The molecule has 0 aliphatic rings. The molecular formula is C13H13N3O4. The van der Waals surface area contributed by atoms with Gasteiger partial charge in [-0.05, 0) is 25.0 Å². The van der Waals surface area contributed by atoms with E-state index in [0.29, 0.717) is 17.8 Å². The lowest BCUT2D eigenvalue weighted by Gasteiger charge is -2.08. The molecule has 7 nitrogen and oxygen atoms in total. The third kappa shape index (κ3) is 2.37. The number of hydrogen-bond donors (Lipinski definition) is 1. The Morgan fingerprint density at radius 1 is 1.45 bits per heavy atom. The molecule has 20 heavy (non-hydrogen) atoms. The zero-order valence-corrected chi connectivity index (χ0v) is 11.0. The number of carbonyl (C=O) groups is 1. The summed E-state index contributed by atoms with van der Waals surface area (Å²) in [5, 5.41) is 23.8. The number of rotatable bonds is 4. The molecule has 2 aromatic rings. The van der Waals surface area contributed by atoms with Crippen molar-refractivity contribution in [2.24, 2.45) is 0 Å². The lowest BCUT2D eigenvalue weighted by Crippen LogP contribution is -2.05. The van der Waals surface area contributed by atoms with E-state index < -0.39 is 10.9 Å². The van der Waals surface area contributed by atoms with E-state index in [9.17, 15) is 14.9 Å². The SMILES string of the molecule is CCc1cc(C(=O)O)nn1-c1cc([N+](=O)[O-])ccc1C. The molecule has 0 atom stereocenters. The van der Waals surface area contributed by atoms with Crippen LogP contribution in [0.25, 0.3) is 5.69 Å². The average molecular weight is 275 g/mol. The highest BCUT2D eigenvalue weighted by molar-refractivity contribution is 5.85. The summed E-state index contributed by atoms with van der Waals surface area (Å²) >= 11 is 0. The zero-order valence-electron chi connectivity index (χ0n) is 11.0. The van der Waals surface area contributed by atoms with Gasteiger partial charge in [0.1, 0.15) is 0 Å². The molecular weight excluding hydrogens is 262 g/mol. The number of carboxylic acids is 1. The smallest absolute Gasteiger partial charge is 0.356 e. The lowest BCUT2D eigenvalue weighted by atomic mass is 10.1. The number of non-ortho nitro benzene ring substituents is 1. The molecule has 1 heterocycles. The summed E-state index contributed by atoms with van der Waals surface area (Å²) in [4.78, 5) is 21.3. The van der Waals surface area contributed by atoms with Crippen molar-refractivity contribution in [3.8, 4) is 5.69 Å². The molecule has 7 heteroatoms. The number of carboxylic acid groups (broad SMARTS) is 1. The monoisotopic (exact) mass is 275 g/mol. The van der Waals surface area contributed by atoms with Crippen LogP contribution in [0.5, 0.6) is 0 Å². The van der Waals surface area contributed by atoms with Crippen molar-refractivity contribution in [1.29, 1.82) is 0 Å². The van der Waals surface area contributed by atoms with Crippen molar-refractivity contribution in [2.75, 3.05) is 0 Å². The minimum Gasteiger partial charge on any atom is -0.476 e. The Labute approximate surface area is 114 Å². The van der Waals surface area contributed by atoms with Gasteiger partial charge in [-0.15, -0.1) is 0 Å². The standard InChI is InChI=1S/C13H13N3O4/c1-3-9-6-11(13(17)18)14-15(9)12-7-10(16(19)20)5-4-8(12)2/h4-7H,3H2,1-2H3,(H,17,18). The highest BCUT2D eigenvalue weighted by Crippen LogP contribution is 2.22. The van der Waals surface area contributed by atoms with Gasteiger partial charge >= 0.3 is 5.97 Å². The topological polar surface area (TPSA) is 98.3 Å². The largest absolute Gasteiger partial charge is 0.476 e. The maximum atomic E-state index is 11.0. The first-order valence-corrected chi connectivity index (χ1v) is 6.01. The van der Waals surface area contributed by atoms with E-state index in [4.69, 9.17) is 5.11 Å². The number of nitrogens with zero attached hydrogens (tertiary/aromatic N) is 3. The number of aromatic carboxylic acids is 1. The number of nitro benzene ring substituents is 1. The molecule has 0 saturated carbocycles. The van der Waals surface area contributed by atoms with E-state index in [2.05, 4.69) is 5.10 Å². The van der Waals surface area contributed by atoms with E-state index in [-0.39, 0.29) is 11.4 Å². The van der Waals surface area contributed by atoms with E-state index in [1.54, 1.807) is 13.0 Å². The predicted molar refractivity (Wildman–Crippen MR) is 71.3 cm³/mol. The van der Waals surface area contributed by atoms with Gasteiger partial charge in [-0.3, -0.25) is 10.1 Å². The summed E-state index contributed by atoms with van der Waals surface area (Å²) < 4.78 is 1.45. The van der Waals surface area contributed by atoms with Gasteiger partial charge in [0.2, 0.25) is 0 Å². The van der Waals surface area contributed by atoms with Gasteiger partial charge in [0.05, 0.1) is 10.6 Å². The first-order valence-electron chi connectivity index (χ1n) is 6.01. The predicted octanol–water partition coefficient (Wildman–Crippen LogP) is 2.35. The maximum absolute atomic E-state index is 11.0. The Bertz CT molecular complexity index is 691. The molecule has 104 valence electrons. The third-order valence-corrected chi connectivity index (χ3v) is 3.00. The van der Waals surface area contributed by atoms with Gasteiger partial charge in [-0.25, -0.2) is 9.48 Å². The summed E-state index contributed by atoms with van der Waals surface area (Å²) in [5.41, 5.74) is 1.85. The average Bonchev–Trinajstić information content (AvgIpc) is 2.83. The van der Waals surface area contributed by atoms with Crippen molar-refractivity contribution >= 4 is 11.7 Å². The summed E-state index contributed by atoms with van der Waals surface area (Å²) in [6, 6.07) is 5.90. The fourth-order valence-electron chi connectivity index (χ4n) is 1.92. The molecule has 1 aromatic heterocycles. The van der Waals surface area contributed by atoms with Crippen LogP contribution in [0, 0.1) is 17.0 Å². The molecule has 0 amide bonds. The van der Waals surface area contributed by atoms with E-state index in [1.807, 2.05) is 6.92 Å². The Hall–Kier alpha value is -2.70. The van der Waals surface area contributed by atoms with Crippen LogP contribution in [0.1, 0.15) is 28.7 Å². The second kappa shape index (κ2) is 5.12. The van der Waals surface area contributed by atoms with Gasteiger partial charge < -0.3 is 5.11 Å². The molecule has 0 saturated heterocycles. The van der Waals surface area contributed by atoms with Crippen LogP contribution >= 0.6 is 0 Å². The summed E-state index contributed by atoms with van der Waals surface area (Å²) in [6.07, 6.45) is 0.572. The minimum atomic E-state index is -1.12. The summed E-state index contributed by atoms with van der Waals surface area (Å²) in [5.74, 6) is -1.12. The highest BCUT2D eigenvalue weighted by Gasteiger charge is 2.17. The summed E-state index contributed by atoms with van der Waals surface area (Å²) in [7, 11) is 0. The Morgan fingerprint density at radius 2 is 2.15 bits per heavy atom. The molecule has 0 unspecified atom stereocenters. The minimum absolute atomic E-state index is 0.0555. The van der Waals surface area contributed by atoms with Crippen LogP contribution in [-0.2, 0) is 6.42 Å². The Balaban J connectivity index is 2.63. The maximum Gasteiger partial charge on any atom is 0.356 e. The first kappa shape index (κ1) is 13.7. The number of aryl methyl sites for hydroxylation is 2. The molecule has 0 aliphatic heterocycles. The zero-order chi connectivity index (χ0) is 14.9. The van der Waals surface area contributed by atoms with Gasteiger partial charge in [0, 0.05) is 17.8 Å². The van der Waals surface area contributed by atoms with Crippen LogP contribution in [-0.4, -0.2) is 25.8 Å². The molecule has 1 N–H and O–H groups in total. The van der Waals surface area contributed by atoms with Crippen LogP contribution in [0.3, 0.4) is 0 Å². The summed E-state index contributed by atoms with van der Waals surface area (Å²) in [6.45, 7) is 3.66. The number of hydrogen-bond acceptors (Lipinski definition) is 4. The van der Waals surface area contributed by atoms with Crippen LogP contribution in [0.2, 0.25) is 0 Å². The van der Waals surface area contributed by atoms with Crippen molar-refractivity contribution in [1.82, 2.24) is 9.78 Å². The van der Waals surface area contributed by atoms with Crippen molar-refractivity contribution in [3.63, 3.8) is 0 Å². The fraction of sp³-hybridized carbons (Fsp3) is 0.231. The normalized spacial score (nSPS) is 10.5. The quantitative estimate of drug-likeness (QED) is 0.682. The van der Waals surface area contributed by atoms with Gasteiger partial charge in [0.15, 0.2) is 5.69 Å². The number of benzene rings is 1. The molecule has 0 bridgehead atoms. The van der Waals surface area contributed by atoms with Crippen molar-refractivity contribution < 1.29 is 14.8 Å². The van der Waals surface area contributed by atoms with E-state index in [0.717, 1.165) is 5.56 Å². The Morgan fingerprint density at radius 3 is 2.70 bits per heavy atom. The number of nitro groups is 1. The van der Waals surface area contributed by atoms with Crippen molar-refractivity contribution in [2.45, 2.75) is 20.3 Å². The first-order chi connectivity index (χ1) is 9.43. The van der Waals surface area contributed by atoms with Crippen LogP contribution < -0.4 is 0 Å². The fourth-order valence-corrected chi connectivity index (χ4v) is 1.92. The molecule has 0 fully saturated rings. The van der Waals surface area contributed by atoms with Gasteiger partial charge in [0.25, 0.3) is 5.69 Å². The second-order valence-electron chi connectivity index (χ2n) is 4.32. The highest BCUT2D eigenvalue weighted by atomic mass is 16.6. The molecule has 0 aliphatic carbocycles. The lowest BCUT2D eigenvalue weighted by molar-refractivity contribution is -0.384. The molecule has 0 radical (unpaired) electrons. The van der Waals surface area contributed by atoms with Crippen LogP contribution in [0.15, 0.2) is 24.3 Å². The number of aromatic nitrogens is 2. The van der Waals surface area contributed by atoms with Gasteiger partial charge in [-0.2, -0.15) is 5.10 Å². The Kier molecular flexibility index (Phi) is 3.51. The van der Waals surface area contributed by atoms with E-state index in [1.165, 1.54) is 22.9 Å². The van der Waals surface area contributed by atoms with Gasteiger partial charge in [-0.1, -0.05) is 13.0 Å².